The summed E-state index contributed by atoms with van der Waals surface area (Å²) in [6.45, 7) is 7.83. The Hall–Kier alpha value is -1.55. The van der Waals surface area contributed by atoms with Gasteiger partial charge in [-0.05, 0) is 43.7 Å². The molecule has 1 aromatic rings. The molecule has 2 saturated heterocycles. The maximum absolute atomic E-state index is 13.3. The fraction of sp³-hybridized carbons (Fsp3) is 0.667. The van der Waals surface area contributed by atoms with Gasteiger partial charge in [0.2, 0.25) is 5.91 Å². The Bertz CT molecular complexity index is 567. The predicted octanol–water partition coefficient (Wildman–Crippen LogP) is 3.57. The van der Waals surface area contributed by atoms with Gasteiger partial charge in [0.25, 0.3) is 0 Å². The lowest BCUT2D eigenvalue weighted by atomic mass is 9.73. The van der Waals surface area contributed by atoms with Crippen LogP contribution in [0.4, 0.5) is 5.69 Å². The second-order valence-corrected chi connectivity index (χ2v) is 8.10. The van der Waals surface area contributed by atoms with Crippen LogP contribution in [0.25, 0.3) is 0 Å². The highest BCUT2D eigenvalue weighted by atomic mass is 16.5. The van der Waals surface area contributed by atoms with Gasteiger partial charge in [-0.2, -0.15) is 0 Å². The summed E-state index contributed by atoms with van der Waals surface area (Å²) in [4.78, 5) is 17.7. The summed E-state index contributed by atoms with van der Waals surface area (Å²) < 4.78 is 5.48. The van der Waals surface area contributed by atoms with Crippen molar-refractivity contribution in [3.8, 4) is 0 Å². The fourth-order valence-electron chi connectivity index (χ4n) is 4.36. The molecular formula is C21H32N2O2. The highest BCUT2D eigenvalue weighted by Gasteiger charge is 2.41. The normalized spacial score (nSPS) is 22.7. The van der Waals surface area contributed by atoms with Crippen LogP contribution in [0.5, 0.6) is 0 Å². The molecule has 25 heavy (non-hydrogen) atoms. The summed E-state index contributed by atoms with van der Waals surface area (Å²) in [5, 5.41) is 0. The Morgan fingerprint density at radius 1 is 1.16 bits per heavy atom. The van der Waals surface area contributed by atoms with E-state index in [0.717, 1.165) is 52.0 Å². The Morgan fingerprint density at radius 2 is 1.84 bits per heavy atom. The summed E-state index contributed by atoms with van der Waals surface area (Å²) in [7, 11) is 2.00. The third kappa shape index (κ3) is 4.00. The van der Waals surface area contributed by atoms with Crippen LogP contribution in [-0.2, 0) is 9.53 Å². The van der Waals surface area contributed by atoms with Crippen LogP contribution in [0, 0.1) is 11.3 Å². The maximum Gasteiger partial charge on any atom is 0.228 e. The maximum atomic E-state index is 13.3. The molecule has 1 unspecified atom stereocenters. The van der Waals surface area contributed by atoms with Gasteiger partial charge in [0.15, 0.2) is 0 Å². The molecule has 3 rings (SSSR count). The molecule has 2 heterocycles. The van der Waals surface area contributed by atoms with Crippen LogP contribution in [0.3, 0.4) is 0 Å². The summed E-state index contributed by atoms with van der Waals surface area (Å²) in [5.41, 5.74) is 0.949. The highest BCUT2D eigenvalue weighted by Crippen LogP contribution is 2.37. The number of hydrogen-bond acceptors (Lipinski definition) is 3. The molecule has 2 aliphatic rings. The van der Waals surface area contributed by atoms with Crippen molar-refractivity contribution in [3.05, 3.63) is 30.3 Å². The number of piperidine rings is 1. The van der Waals surface area contributed by atoms with Crippen molar-refractivity contribution in [2.24, 2.45) is 11.3 Å². The summed E-state index contributed by atoms with van der Waals surface area (Å²) >= 11 is 0. The minimum absolute atomic E-state index is 0.291. The van der Waals surface area contributed by atoms with E-state index < -0.39 is 0 Å². The Labute approximate surface area is 152 Å². The predicted molar refractivity (Wildman–Crippen MR) is 102 cm³/mol. The van der Waals surface area contributed by atoms with Crippen molar-refractivity contribution in [1.82, 2.24) is 4.90 Å². The Balaban J connectivity index is 1.66. The largest absolute Gasteiger partial charge is 0.381 e. The molecule has 0 saturated carbocycles. The van der Waals surface area contributed by atoms with Gasteiger partial charge in [-0.1, -0.05) is 32.0 Å². The van der Waals surface area contributed by atoms with Gasteiger partial charge in [0, 0.05) is 50.5 Å². The highest BCUT2D eigenvalue weighted by molar-refractivity contribution is 5.82. The molecule has 2 fully saturated rings. The van der Waals surface area contributed by atoms with Crippen LogP contribution in [0.15, 0.2) is 30.3 Å². The van der Waals surface area contributed by atoms with E-state index in [2.05, 4.69) is 49.1 Å². The van der Waals surface area contributed by atoms with Crippen LogP contribution in [0.2, 0.25) is 0 Å². The van der Waals surface area contributed by atoms with Crippen molar-refractivity contribution in [2.75, 3.05) is 38.3 Å². The van der Waals surface area contributed by atoms with E-state index in [-0.39, 0.29) is 5.41 Å². The van der Waals surface area contributed by atoms with Gasteiger partial charge in [0.05, 0.1) is 0 Å². The number of para-hydroxylation sites is 1. The molecule has 0 aromatic heterocycles. The fourth-order valence-corrected chi connectivity index (χ4v) is 4.36. The van der Waals surface area contributed by atoms with Gasteiger partial charge in [-0.3, -0.25) is 4.79 Å². The first kappa shape index (κ1) is 18.2. The average Bonchev–Trinajstić information content (AvgIpc) is 2.68. The van der Waals surface area contributed by atoms with E-state index >= 15 is 0 Å². The lowest BCUT2D eigenvalue weighted by Crippen LogP contribution is -2.53. The second kappa shape index (κ2) is 7.77. The molecule has 0 aliphatic carbocycles. The minimum atomic E-state index is -0.312. The summed E-state index contributed by atoms with van der Waals surface area (Å²) in [6, 6.07) is 10.8. The van der Waals surface area contributed by atoms with E-state index in [4.69, 9.17) is 4.74 Å². The van der Waals surface area contributed by atoms with Crippen LogP contribution >= 0.6 is 0 Å². The summed E-state index contributed by atoms with van der Waals surface area (Å²) in [6.07, 6.45) is 4.21. The molecule has 4 nitrogen and oxygen atoms in total. The first-order valence-corrected chi connectivity index (χ1v) is 9.65. The monoisotopic (exact) mass is 344 g/mol. The first-order chi connectivity index (χ1) is 12.0. The number of benzene rings is 1. The minimum Gasteiger partial charge on any atom is -0.381 e. The lowest BCUT2D eigenvalue weighted by Gasteiger charge is -2.43. The molecule has 0 radical (unpaired) electrons. The van der Waals surface area contributed by atoms with E-state index in [1.54, 1.807) is 0 Å². The molecule has 4 heteroatoms. The van der Waals surface area contributed by atoms with E-state index in [1.165, 1.54) is 5.69 Å². The third-order valence-electron chi connectivity index (χ3n) is 6.18. The molecule has 1 amide bonds. The topological polar surface area (TPSA) is 32.8 Å². The number of amides is 1. The van der Waals surface area contributed by atoms with E-state index in [9.17, 15) is 4.79 Å². The zero-order valence-electron chi connectivity index (χ0n) is 15.9. The van der Waals surface area contributed by atoms with Gasteiger partial charge in [0.1, 0.15) is 0 Å². The van der Waals surface area contributed by atoms with Crippen molar-refractivity contribution >= 4 is 11.6 Å². The van der Waals surface area contributed by atoms with E-state index in [0.29, 0.717) is 17.9 Å². The molecule has 0 spiro atoms. The number of ether oxygens (including phenoxy) is 1. The number of rotatable bonds is 4. The third-order valence-corrected chi connectivity index (χ3v) is 6.18. The van der Waals surface area contributed by atoms with Crippen LogP contribution < -0.4 is 4.90 Å². The van der Waals surface area contributed by atoms with Crippen LogP contribution in [0.1, 0.15) is 39.5 Å². The average molecular weight is 344 g/mol. The first-order valence-electron chi connectivity index (χ1n) is 9.65. The standard InChI is InChI=1S/C21H32N2O2/c1-21(2,17-11-14-25-15-12-17)20(24)22(3)19-10-7-13-23(16-19)18-8-5-4-6-9-18/h4-6,8-9,17,19H,7,10-16H2,1-3H3. The van der Waals surface area contributed by atoms with Gasteiger partial charge < -0.3 is 14.5 Å². The van der Waals surface area contributed by atoms with Crippen molar-refractivity contribution in [2.45, 2.75) is 45.6 Å². The Kier molecular flexibility index (Phi) is 5.67. The van der Waals surface area contributed by atoms with E-state index in [1.807, 2.05) is 11.9 Å². The number of carbonyl (C=O) groups excluding carboxylic acids is 1. The molecule has 1 aromatic carbocycles. The molecule has 138 valence electrons. The smallest absolute Gasteiger partial charge is 0.228 e. The quantitative estimate of drug-likeness (QED) is 0.837. The number of likely N-dealkylation sites (N-methyl/N-ethyl adjacent to an activating group) is 1. The number of anilines is 1. The van der Waals surface area contributed by atoms with Gasteiger partial charge in [-0.15, -0.1) is 0 Å². The SMILES string of the molecule is CN(C(=O)C(C)(C)C1CCOCC1)C1CCCN(c2ccccc2)C1. The molecule has 1 atom stereocenters. The van der Waals surface area contributed by atoms with Crippen molar-refractivity contribution in [3.63, 3.8) is 0 Å². The summed E-state index contributed by atoms with van der Waals surface area (Å²) in [5.74, 6) is 0.712. The zero-order chi connectivity index (χ0) is 17.9. The van der Waals surface area contributed by atoms with Gasteiger partial charge >= 0.3 is 0 Å². The second-order valence-electron chi connectivity index (χ2n) is 8.10. The van der Waals surface area contributed by atoms with Crippen molar-refractivity contribution < 1.29 is 9.53 Å². The molecule has 0 N–H and O–H groups in total. The van der Waals surface area contributed by atoms with Gasteiger partial charge in [-0.25, -0.2) is 0 Å². The molecule has 0 bridgehead atoms. The number of nitrogens with zero attached hydrogens (tertiary/aromatic N) is 2. The number of hydrogen-bond donors (Lipinski definition) is 0. The lowest BCUT2D eigenvalue weighted by molar-refractivity contribution is -0.146. The van der Waals surface area contributed by atoms with Crippen LogP contribution in [-0.4, -0.2) is 50.2 Å². The number of carbonyl (C=O) groups is 1. The molecule has 2 aliphatic heterocycles. The molecular weight excluding hydrogens is 312 g/mol. The Morgan fingerprint density at radius 3 is 2.52 bits per heavy atom. The van der Waals surface area contributed by atoms with Crippen molar-refractivity contribution in [1.29, 1.82) is 0 Å². The zero-order valence-corrected chi connectivity index (χ0v) is 15.9.